The number of carboxylic acid groups (broad SMARTS) is 1. The lowest BCUT2D eigenvalue weighted by Crippen LogP contribution is -2.50. The van der Waals surface area contributed by atoms with Gasteiger partial charge >= 0.3 is 5.97 Å². The van der Waals surface area contributed by atoms with Crippen molar-refractivity contribution in [1.29, 1.82) is 0 Å². The number of benzene rings is 1. The Morgan fingerprint density at radius 1 is 1.12 bits per heavy atom. The van der Waals surface area contributed by atoms with Gasteiger partial charge in [-0.05, 0) is 51.0 Å². The SMILES string of the molecule is CC(C)NC(=O)CN1CCN(c2cc(C(=O)O)c3cc(NC(=O)C4CCC4)ccc3n2)CC1. The third-order valence-corrected chi connectivity index (χ3v) is 6.28. The fraction of sp³-hybridized carbons (Fsp3) is 0.500. The van der Waals surface area contributed by atoms with Crippen LogP contribution < -0.4 is 15.5 Å². The summed E-state index contributed by atoms with van der Waals surface area (Å²) in [5.74, 6) is -0.375. The molecule has 1 saturated carbocycles. The molecule has 2 aromatic rings. The summed E-state index contributed by atoms with van der Waals surface area (Å²) in [4.78, 5) is 45.2. The van der Waals surface area contributed by atoms with Crippen LogP contribution in [0.3, 0.4) is 0 Å². The number of piperazine rings is 1. The van der Waals surface area contributed by atoms with Gasteiger partial charge in [0.1, 0.15) is 5.82 Å². The monoisotopic (exact) mass is 453 g/mol. The molecule has 3 N–H and O–H groups in total. The van der Waals surface area contributed by atoms with Crippen LogP contribution in [0, 0.1) is 5.92 Å². The molecule has 1 aromatic heterocycles. The van der Waals surface area contributed by atoms with Crippen molar-refractivity contribution in [3.05, 3.63) is 29.8 Å². The first-order valence-corrected chi connectivity index (χ1v) is 11.6. The van der Waals surface area contributed by atoms with Gasteiger partial charge in [0.25, 0.3) is 0 Å². The zero-order valence-electron chi connectivity index (χ0n) is 19.1. The molecule has 0 bridgehead atoms. The van der Waals surface area contributed by atoms with E-state index in [2.05, 4.69) is 20.4 Å². The molecule has 9 nitrogen and oxygen atoms in total. The van der Waals surface area contributed by atoms with Gasteiger partial charge in [-0.25, -0.2) is 9.78 Å². The molecule has 1 saturated heterocycles. The van der Waals surface area contributed by atoms with Crippen molar-refractivity contribution >= 4 is 40.2 Å². The van der Waals surface area contributed by atoms with E-state index >= 15 is 0 Å². The number of hydrogen-bond donors (Lipinski definition) is 3. The Morgan fingerprint density at radius 2 is 1.85 bits per heavy atom. The Labute approximate surface area is 193 Å². The van der Waals surface area contributed by atoms with Crippen molar-refractivity contribution in [1.82, 2.24) is 15.2 Å². The zero-order chi connectivity index (χ0) is 23.5. The minimum atomic E-state index is -1.03. The van der Waals surface area contributed by atoms with Crippen LogP contribution in [0.15, 0.2) is 24.3 Å². The van der Waals surface area contributed by atoms with Gasteiger partial charge in [0, 0.05) is 49.2 Å². The first-order valence-electron chi connectivity index (χ1n) is 11.6. The molecule has 0 spiro atoms. The van der Waals surface area contributed by atoms with E-state index < -0.39 is 5.97 Å². The summed E-state index contributed by atoms with van der Waals surface area (Å²) in [5.41, 5.74) is 1.32. The van der Waals surface area contributed by atoms with Gasteiger partial charge in [-0.3, -0.25) is 14.5 Å². The number of carbonyl (C=O) groups excluding carboxylic acids is 2. The van der Waals surface area contributed by atoms with Crippen molar-refractivity contribution in [3.63, 3.8) is 0 Å². The lowest BCUT2D eigenvalue weighted by atomic mass is 9.85. The number of anilines is 2. The molecule has 2 heterocycles. The number of pyridine rings is 1. The van der Waals surface area contributed by atoms with E-state index in [1.807, 2.05) is 13.8 Å². The van der Waals surface area contributed by atoms with Gasteiger partial charge in [0.15, 0.2) is 0 Å². The Hall–Kier alpha value is -3.20. The van der Waals surface area contributed by atoms with Crippen molar-refractivity contribution < 1.29 is 19.5 Å². The summed E-state index contributed by atoms with van der Waals surface area (Å²) in [6.07, 6.45) is 2.88. The molecule has 2 amide bonds. The Kier molecular flexibility index (Phi) is 6.78. The van der Waals surface area contributed by atoms with E-state index in [4.69, 9.17) is 4.98 Å². The highest BCUT2D eigenvalue weighted by molar-refractivity contribution is 6.05. The molecule has 9 heteroatoms. The molecule has 176 valence electrons. The fourth-order valence-corrected chi connectivity index (χ4v) is 4.25. The maximum atomic E-state index is 12.3. The molecule has 1 aromatic carbocycles. The van der Waals surface area contributed by atoms with Crippen LogP contribution in [0.4, 0.5) is 11.5 Å². The second-order valence-corrected chi connectivity index (χ2v) is 9.17. The third kappa shape index (κ3) is 5.42. The van der Waals surface area contributed by atoms with Gasteiger partial charge in [-0.2, -0.15) is 0 Å². The number of aromatic carboxylic acids is 1. The van der Waals surface area contributed by atoms with Crippen LogP contribution in [-0.4, -0.2) is 71.5 Å². The number of nitrogens with zero attached hydrogens (tertiary/aromatic N) is 3. The number of carbonyl (C=O) groups is 3. The van der Waals surface area contributed by atoms with Crippen LogP contribution in [-0.2, 0) is 9.59 Å². The van der Waals surface area contributed by atoms with E-state index in [1.54, 1.807) is 24.3 Å². The summed E-state index contributed by atoms with van der Waals surface area (Å²) < 4.78 is 0. The van der Waals surface area contributed by atoms with E-state index in [1.165, 1.54) is 0 Å². The Bertz CT molecular complexity index is 1060. The number of nitrogens with one attached hydrogen (secondary N) is 2. The molecule has 1 aliphatic heterocycles. The standard InChI is InChI=1S/C24H31N5O4/c1-15(2)25-22(30)14-28-8-10-29(11-9-28)21-13-19(24(32)33)18-12-17(6-7-20(18)27-21)26-23(31)16-4-3-5-16/h6-7,12-13,15-16H,3-5,8-11,14H2,1-2H3,(H,25,30)(H,26,31)(H,32,33). The number of hydrogen-bond acceptors (Lipinski definition) is 6. The van der Waals surface area contributed by atoms with Gasteiger partial charge in [0.05, 0.1) is 17.6 Å². The van der Waals surface area contributed by atoms with E-state index in [9.17, 15) is 19.5 Å². The lowest BCUT2D eigenvalue weighted by Gasteiger charge is -2.35. The molecule has 0 unspecified atom stereocenters. The predicted octanol–water partition coefficient (Wildman–Crippen LogP) is 2.32. The first kappa shape index (κ1) is 23.0. The van der Waals surface area contributed by atoms with Gasteiger partial charge in [-0.15, -0.1) is 0 Å². The number of carboxylic acids is 1. The molecule has 0 radical (unpaired) electrons. The maximum Gasteiger partial charge on any atom is 0.336 e. The molecule has 33 heavy (non-hydrogen) atoms. The topological polar surface area (TPSA) is 115 Å². The highest BCUT2D eigenvalue weighted by atomic mass is 16.4. The average Bonchev–Trinajstić information content (AvgIpc) is 2.71. The predicted molar refractivity (Wildman–Crippen MR) is 127 cm³/mol. The summed E-state index contributed by atoms with van der Waals surface area (Å²) in [6.45, 7) is 6.93. The molecule has 4 rings (SSSR count). The van der Waals surface area contributed by atoms with Crippen molar-refractivity contribution in [2.75, 3.05) is 42.9 Å². The molecule has 0 atom stereocenters. The Morgan fingerprint density at radius 3 is 2.45 bits per heavy atom. The second-order valence-electron chi connectivity index (χ2n) is 9.17. The second kappa shape index (κ2) is 9.74. The smallest absolute Gasteiger partial charge is 0.336 e. The van der Waals surface area contributed by atoms with E-state index in [-0.39, 0.29) is 29.3 Å². The lowest BCUT2D eigenvalue weighted by molar-refractivity contribution is -0.123. The molecule has 1 aliphatic carbocycles. The zero-order valence-corrected chi connectivity index (χ0v) is 19.1. The van der Waals surface area contributed by atoms with Crippen LogP contribution in [0.1, 0.15) is 43.5 Å². The quantitative estimate of drug-likeness (QED) is 0.589. The maximum absolute atomic E-state index is 12.3. The summed E-state index contributed by atoms with van der Waals surface area (Å²) >= 11 is 0. The summed E-state index contributed by atoms with van der Waals surface area (Å²) in [5, 5.41) is 16.1. The van der Waals surface area contributed by atoms with Crippen molar-refractivity contribution in [2.24, 2.45) is 5.92 Å². The number of amides is 2. The molecular formula is C24H31N5O4. The summed E-state index contributed by atoms with van der Waals surface area (Å²) in [7, 11) is 0. The van der Waals surface area contributed by atoms with E-state index in [0.717, 1.165) is 19.3 Å². The fourth-order valence-electron chi connectivity index (χ4n) is 4.25. The van der Waals surface area contributed by atoms with Crippen LogP contribution in [0.25, 0.3) is 10.9 Å². The minimum Gasteiger partial charge on any atom is -0.478 e. The summed E-state index contributed by atoms with van der Waals surface area (Å²) in [6, 6.07) is 6.93. The third-order valence-electron chi connectivity index (χ3n) is 6.28. The largest absolute Gasteiger partial charge is 0.478 e. The van der Waals surface area contributed by atoms with Gasteiger partial charge < -0.3 is 20.6 Å². The van der Waals surface area contributed by atoms with E-state index in [0.29, 0.717) is 55.1 Å². The van der Waals surface area contributed by atoms with Gasteiger partial charge in [0.2, 0.25) is 11.8 Å². The Balaban J connectivity index is 1.48. The highest BCUT2D eigenvalue weighted by Gasteiger charge is 2.26. The number of aromatic nitrogens is 1. The van der Waals surface area contributed by atoms with Crippen LogP contribution in [0.2, 0.25) is 0 Å². The van der Waals surface area contributed by atoms with Crippen LogP contribution >= 0.6 is 0 Å². The number of rotatable bonds is 7. The average molecular weight is 454 g/mol. The van der Waals surface area contributed by atoms with Crippen molar-refractivity contribution in [3.8, 4) is 0 Å². The molecule has 2 aliphatic rings. The van der Waals surface area contributed by atoms with Gasteiger partial charge in [-0.1, -0.05) is 6.42 Å². The normalized spacial score (nSPS) is 17.1. The van der Waals surface area contributed by atoms with Crippen molar-refractivity contribution in [2.45, 2.75) is 39.2 Å². The number of fused-ring (bicyclic) bond motifs is 1. The molecule has 2 fully saturated rings. The molecular weight excluding hydrogens is 422 g/mol. The first-order chi connectivity index (χ1) is 15.8. The highest BCUT2D eigenvalue weighted by Crippen LogP contribution is 2.30. The van der Waals surface area contributed by atoms with Crippen LogP contribution in [0.5, 0.6) is 0 Å². The minimum absolute atomic E-state index is 0.00986.